The lowest BCUT2D eigenvalue weighted by Crippen LogP contribution is -2.39. The highest BCUT2D eigenvalue weighted by Crippen LogP contribution is 2.17. The van der Waals surface area contributed by atoms with Crippen molar-refractivity contribution in [2.75, 3.05) is 53.1 Å². The average molecular weight is 298 g/mol. The lowest BCUT2D eigenvalue weighted by molar-refractivity contribution is -0.174. The minimum absolute atomic E-state index is 0.167. The number of hydrogen-bond donors (Lipinski definition) is 1. The third kappa shape index (κ3) is 8.04. The number of nitrogens with zero attached hydrogens (tertiary/aromatic N) is 1. The minimum atomic E-state index is -4.22. The third-order valence-corrected chi connectivity index (χ3v) is 3.36. The molecule has 20 heavy (non-hydrogen) atoms. The van der Waals surface area contributed by atoms with E-state index in [2.05, 4.69) is 15.0 Å². The van der Waals surface area contributed by atoms with E-state index in [0.717, 1.165) is 39.0 Å². The number of nitrogens with one attached hydrogen (secondary N) is 1. The van der Waals surface area contributed by atoms with E-state index in [4.69, 9.17) is 4.74 Å². The lowest BCUT2D eigenvalue weighted by Gasteiger charge is -2.24. The summed E-state index contributed by atoms with van der Waals surface area (Å²) in [5.74, 6) is 0. The molecule has 0 aromatic rings. The van der Waals surface area contributed by atoms with E-state index in [-0.39, 0.29) is 6.61 Å². The van der Waals surface area contributed by atoms with Gasteiger partial charge in [0, 0.05) is 39.4 Å². The summed E-state index contributed by atoms with van der Waals surface area (Å²) in [7, 11) is 1.67. The van der Waals surface area contributed by atoms with Crippen molar-refractivity contribution in [3.05, 3.63) is 0 Å². The van der Waals surface area contributed by atoms with Crippen LogP contribution in [0.3, 0.4) is 0 Å². The summed E-state index contributed by atoms with van der Waals surface area (Å²) >= 11 is 0. The number of halogens is 3. The first kappa shape index (κ1) is 17.7. The molecule has 1 N–H and O–H groups in total. The molecule has 1 atom stereocenters. The minimum Gasteiger partial charge on any atom is -0.383 e. The Kier molecular flexibility index (Phi) is 8.44. The fraction of sp³-hybridized carbons (Fsp3) is 1.00. The highest BCUT2D eigenvalue weighted by molar-refractivity contribution is 4.80. The number of alkyl halides is 3. The topological polar surface area (TPSA) is 33.7 Å². The first-order chi connectivity index (χ1) is 9.53. The van der Waals surface area contributed by atoms with Gasteiger partial charge in [0.25, 0.3) is 0 Å². The maximum atomic E-state index is 11.9. The van der Waals surface area contributed by atoms with E-state index < -0.39 is 12.8 Å². The SMILES string of the molecule is COCCNCC1CCCN1CCCOCC(F)(F)F. The zero-order valence-corrected chi connectivity index (χ0v) is 12.0. The molecule has 0 saturated carbocycles. The van der Waals surface area contributed by atoms with E-state index in [0.29, 0.717) is 19.1 Å². The van der Waals surface area contributed by atoms with Gasteiger partial charge in [-0.3, -0.25) is 4.90 Å². The zero-order valence-electron chi connectivity index (χ0n) is 12.0. The van der Waals surface area contributed by atoms with Gasteiger partial charge in [-0.1, -0.05) is 0 Å². The molecule has 0 amide bonds. The molecule has 0 spiro atoms. The summed E-state index contributed by atoms with van der Waals surface area (Å²) in [6, 6.07) is 0.481. The van der Waals surface area contributed by atoms with Gasteiger partial charge in [0.15, 0.2) is 0 Å². The summed E-state index contributed by atoms with van der Waals surface area (Å²) < 4.78 is 45.3. The fourth-order valence-electron chi connectivity index (χ4n) is 2.42. The standard InChI is InChI=1S/C13H25F3N2O2/c1-19-9-5-17-10-12-4-2-6-18(12)7-3-8-20-11-13(14,15)16/h12,17H,2-11H2,1H3. The van der Waals surface area contributed by atoms with Crippen LogP contribution in [0.5, 0.6) is 0 Å². The van der Waals surface area contributed by atoms with Crippen molar-refractivity contribution in [2.24, 2.45) is 0 Å². The van der Waals surface area contributed by atoms with Crippen LogP contribution in [-0.2, 0) is 9.47 Å². The second kappa shape index (κ2) is 9.55. The maximum Gasteiger partial charge on any atom is 0.411 e. The second-order valence-corrected chi connectivity index (χ2v) is 5.05. The van der Waals surface area contributed by atoms with Crippen LogP contribution in [-0.4, -0.2) is 70.2 Å². The Morgan fingerprint density at radius 3 is 2.80 bits per heavy atom. The first-order valence-electron chi connectivity index (χ1n) is 7.11. The highest BCUT2D eigenvalue weighted by atomic mass is 19.4. The molecule has 1 heterocycles. The molecule has 0 aromatic carbocycles. The molecule has 120 valence electrons. The second-order valence-electron chi connectivity index (χ2n) is 5.05. The van der Waals surface area contributed by atoms with Crippen LogP contribution in [0, 0.1) is 0 Å². The van der Waals surface area contributed by atoms with Crippen LogP contribution < -0.4 is 5.32 Å². The van der Waals surface area contributed by atoms with Crippen molar-refractivity contribution < 1.29 is 22.6 Å². The molecule has 7 heteroatoms. The molecule has 1 fully saturated rings. The smallest absolute Gasteiger partial charge is 0.383 e. The van der Waals surface area contributed by atoms with E-state index in [1.807, 2.05) is 0 Å². The predicted octanol–water partition coefficient (Wildman–Crippen LogP) is 1.66. The number of rotatable bonds is 10. The molecule has 1 aliphatic rings. The van der Waals surface area contributed by atoms with Crippen molar-refractivity contribution in [3.8, 4) is 0 Å². The fourth-order valence-corrected chi connectivity index (χ4v) is 2.42. The molecule has 1 unspecified atom stereocenters. The first-order valence-corrected chi connectivity index (χ1v) is 7.11. The summed E-state index contributed by atoms with van der Waals surface area (Å²) in [6.07, 6.45) is -1.28. The molecule has 0 bridgehead atoms. The molecule has 0 aromatic heterocycles. The number of likely N-dealkylation sites (tertiary alicyclic amines) is 1. The predicted molar refractivity (Wildman–Crippen MR) is 70.8 cm³/mol. The van der Waals surface area contributed by atoms with Crippen molar-refractivity contribution in [1.29, 1.82) is 0 Å². The lowest BCUT2D eigenvalue weighted by atomic mass is 10.2. The van der Waals surface area contributed by atoms with E-state index in [1.54, 1.807) is 7.11 Å². The van der Waals surface area contributed by atoms with E-state index in [1.165, 1.54) is 0 Å². The van der Waals surface area contributed by atoms with Gasteiger partial charge < -0.3 is 14.8 Å². The van der Waals surface area contributed by atoms with E-state index in [9.17, 15) is 13.2 Å². The van der Waals surface area contributed by atoms with Crippen LogP contribution in [0.1, 0.15) is 19.3 Å². The van der Waals surface area contributed by atoms with Crippen molar-refractivity contribution in [2.45, 2.75) is 31.5 Å². The number of ether oxygens (including phenoxy) is 2. The van der Waals surface area contributed by atoms with E-state index >= 15 is 0 Å². The van der Waals surface area contributed by atoms with Gasteiger partial charge in [0.05, 0.1) is 6.61 Å². The Labute approximate surface area is 118 Å². The van der Waals surface area contributed by atoms with Crippen LogP contribution in [0.2, 0.25) is 0 Å². The van der Waals surface area contributed by atoms with Crippen molar-refractivity contribution in [1.82, 2.24) is 10.2 Å². The third-order valence-electron chi connectivity index (χ3n) is 3.36. The van der Waals surface area contributed by atoms with Gasteiger partial charge in [0.1, 0.15) is 6.61 Å². The molecule has 4 nitrogen and oxygen atoms in total. The normalized spacial score (nSPS) is 20.7. The quantitative estimate of drug-likeness (QED) is 0.622. The van der Waals surface area contributed by atoms with Gasteiger partial charge in [0.2, 0.25) is 0 Å². The van der Waals surface area contributed by atoms with Crippen LogP contribution >= 0.6 is 0 Å². The number of hydrogen-bond acceptors (Lipinski definition) is 4. The summed E-state index contributed by atoms with van der Waals surface area (Å²) in [6.45, 7) is 3.28. The average Bonchev–Trinajstić information content (AvgIpc) is 2.80. The summed E-state index contributed by atoms with van der Waals surface area (Å²) in [5, 5.41) is 3.33. The van der Waals surface area contributed by atoms with Crippen LogP contribution in [0.4, 0.5) is 13.2 Å². The summed E-state index contributed by atoms with van der Waals surface area (Å²) in [4.78, 5) is 2.33. The molecule has 1 rings (SSSR count). The van der Waals surface area contributed by atoms with Crippen molar-refractivity contribution in [3.63, 3.8) is 0 Å². The number of methoxy groups -OCH3 is 1. The van der Waals surface area contributed by atoms with Gasteiger partial charge >= 0.3 is 6.18 Å². The maximum absolute atomic E-state index is 11.9. The van der Waals surface area contributed by atoms with Crippen molar-refractivity contribution >= 4 is 0 Å². The Bertz CT molecular complexity index is 252. The monoisotopic (exact) mass is 298 g/mol. The van der Waals surface area contributed by atoms with Gasteiger partial charge in [-0.2, -0.15) is 13.2 Å². The molecular formula is C13H25F3N2O2. The van der Waals surface area contributed by atoms with Gasteiger partial charge in [-0.05, 0) is 25.8 Å². The Balaban J connectivity index is 2.06. The van der Waals surface area contributed by atoms with Crippen LogP contribution in [0.15, 0.2) is 0 Å². The Morgan fingerprint density at radius 2 is 2.10 bits per heavy atom. The van der Waals surface area contributed by atoms with Crippen LogP contribution in [0.25, 0.3) is 0 Å². The summed E-state index contributed by atoms with van der Waals surface area (Å²) in [5.41, 5.74) is 0. The largest absolute Gasteiger partial charge is 0.411 e. The molecule has 1 aliphatic heterocycles. The molecular weight excluding hydrogens is 273 g/mol. The van der Waals surface area contributed by atoms with Gasteiger partial charge in [-0.15, -0.1) is 0 Å². The Hall–Kier alpha value is -0.370. The molecule has 0 radical (unpaired) electrons. The Morgan fingerprint density at radius 1 is 1.30 bits per heavy atom. The zero-order chi connectivity index (χ0) is 14.8. The molecule has 0 aliphatic carbocycles. The van der Waals surface area contributed by atoms with Gasteiger partial charge in [-0.25, -0.2) is 0 Å². The molecule has 1 saturated heterocycles. The highest BCUT2D eigenvalue weighted by Gasteiger charge is 2.27.